The molecule has 1 fully saturated rings. The maximum Gasteiger partial charge on any atom is 0.184 e. The predicted molar refractivity (Wildman–Crippen MR) is 76.2 cm³/mol. The minimum atomic E-state index is -0.170. The topological polar surface area (TPSA) is 18.5 Å². The maximum absolute atomic E-state index is 5.41. The molecule has 1 saturated heterocycles. The Bertz CT molecular complexity index is 287. The quantitative estimate of drug-likeness (QED) is 0.738. The Balaban J connectivity index is 0.000000581. The van der Waals surface area contributed by atoms with E-state index < -0.39 is 0 Å². The van der Waals surface area contributed by atoms with Gasteiger partial charge < -0.3 is 9.47 Å². The lowest BCUT2D eigenvalue weighted by Gasteiger charge is -2.10. The van der Waals surface area contributed by atoms with Crippen molar-refractivity contribution < 1.29 is 9.47 Å². The van der Waals surface area contributed by atoms with Crippen LogP contribution in [0.15, 0.2) is 22.7 Å². The summed E-state index contributed by atoms with van der Waals surface area (Å²) in [6, 6.07) is 6.18. The average molecular weight is 303 g/mol. The van der Waals surface area contributed by atoms with Crippen LogP contribution in [0.4, 0.5) is 0 Å². The highest BCUT2D eigenvalue weighted by Gasteiger charge is 2.18. The van der Waals surface area contributed by atoms with Crippen molar-refractivity contribution in [3.8, 4) is 0 Å². The molecule has 0 spiro atoms. The van der Waals surface area contributed by atoms with E-state index >= 15 is 0 Å². The molecule has 0 bridgehead atoms. The molecule has 17 heavy (non-hydrogen) atoms. The van der Waals surface area contributed by atoms with E-state index in [4.69, 9.17) is 9.47 Å². The molecule has 1 aromatic rings. The van der Waals surface area contributed by atoms with E-state index in [2.05, 4.69) is 35.0 Å². The summed E-state index contributed by atoms with van der Waals surface area (Å²) in [6.45, 7) is 11.4. The predicted octanol–water partition coefficient (Wildman–Crippen LogP) is 4.86. The molecule has 0 aliphatic carbocycles. The molecule has 1 aliphatic heterocycles. The molecular weight excluding hydrogens is 280 g/mol. The van der Waals surface area contributed by atoms with Crippen LogP contribution in [-0.4, -0.2) is 13.2 Å². The van der Waals surface area contributed by atoms with Crippen LogP contribution >= 0.6 is 15.9 Å². The van der Waals surface area contributed by atoms with Gasteiger partial charge in [-0.1, -0.05) is 49.7 Å². The lowest BCUT2D eigenvalue weighted by Crippen LogP contribution is -1.98. The third kappa shape index (κ3) is 5.66. The Morgan fingerprint density at radius 3 is 2.00 bits per heavy atom. The van der Waals surface area contributed by atoms with E-state index in [0.29, 0.717) is 13.2 Å². The highest BCUT2D eigenvalue weighted by Crippen LogP contribution is 2.26. The second-order valence-electron chi connectivity index (χ2n) is 3.14. The maximum atomic E-state index is 5.41. The summed E-state index contributed by atoms with van der Waals surface area (Å²) in [6.07, 6.45) is -0.170. The summed E-state index contributed by atoms with van der Waals surface area (Å²) in [4.78, 5) is 0. The third-order valence-electron chi connectivity index (χ3n) is 1.96. The summed E-state index contributed by atoms with van der Waals surface area (Å²) < 4.78 is 11.9. The number of benzene rings is 1. The van der Waals surface area contributed by atoms with Gasteiger partial charge in [0.2, 0.25) is 0 Å². The number of aryl methyl sites for hydroxylation is 1. The van der Waals surface area contributed by atoms with Gasteiger partial charge in [0, 0.05) is 10.0 Å². The van der Waals surface area contributed by atoms with E-state index in [1.807, 2.05) is 33.8 Å². The van der Waals surface area contributed by atoms with Crippen molar-refractivity contribution in [1.29, 1.82) is 0 Å². The summed E-state index contributed by atoms with van der Waals surface area (Å²) in [5.74, 6) is 0. The van der Waals surface area contributed by atoms with Crippen LogP contribution in [0.5, 0.6) is 0 Å². The van der Waals surface area contributed by atoms with Crippen LogP contribution < -0.4 is 0 Å². The second-order valence-corrected chi connectivity index (χ2v) is 4.05. The molecule has 1 heterocycles. The molecule has 2 rings (SSSR count). The molecule has 0 amide bonds. The Labute approximate surface area is 113 Å². The largest absolute Gasteiger partial charge is 0.346 e. The van der Waals surface area contributed by atoms with Crippen LogP contribution in [0, 0.1) is 6.92 Å². The molecule has 3 heteroatoms. The fourth-order valence-corrected chi connectivity index (χ4v) is 2.08. The van der Waals surface area contributed by atoms with E-state index in [9.17, 15) is 0 Å². The first-order valence-electron chi connectivity index (χ1n) is 6.26. The number of hydrogen-bond acceptors (Lipinski definition) is 2. The van der Waals surface area contributed by atoms with Gasteiger partial charge in [-0.05, 0) is 24.6 Å². The monoisotopic (exact) mass is 302 g/mol. The minimum Gasteiger partial charge on any atom is -0.346 e. The standard InChI is InChI=1S/C10H11BrO2.2C2H6/c1-7-4-8(6-9(11)5-7)10-12-2-3-13-10;2*1-2/h4-6,10H,2-3H2,1H3;2*1-2H3. The molecule has 0 saturated carbocycles. The van der Waals surface area contributed by atoms with Crippen LogP contribution in [-0.2, 0) is 9.47 Å². The minimum absolute atomic E-state index is 0.170. The van der Waals surface area contributed by atoms with Crippen LogP contribution in [0.2, 0.25) is 0 Å². The van der Waals surface area contributed by atoms with Gasteiger partial charge in [0.25, 0.3) is 0 Å². The molecule has 98 valence electrons. The van der Waals surface area contributed by atoms with Crippen molar-refractivity contribution in [2.45, 2.75) is 40.9 Å². The first-order chi connectivity index (χ1) is 8.25. The van der Waals surface area contributed by atoms with Gasteiger partial charge in [0.05, 0.1) is 13.2 Å². The lowest BCUT2D eigenvalue weighted by molar-refractivity contribution is -0.0441. The fraction of sp³-hybridized carbons (Fsp3) is 0.571. The third-order valence-corrected chi connectivity index (χ3v) is 2.42. The summed E-state index contributed by atoms with van der Waals surface area (Å²) >= 11 is 3.45. The van der Waals surface area contributed by atoms with Crippen molar-refractivity contribution >= 4 is 15.9 Å². The van der Waals surface area contributed by atoms with Gasteiger partial charge in [0.1, 0.15) is 0 Å². The molecule has 2 nitrogen and oxygen atoms in total. The Hall–Kier alpha value is -0.380. The van der Waals surface area contributed by atoms with Gasteiger partial charge in [0.15, 0.2) is 6.29 Å². The normalized spacial score (nSPS) is 14.5. The van der Waals surface area contributed by atoms with Crippen molar-refractivity contribution in [3.63, 3.8) is 0 Å². The Morgan fingerprint density at radius 1 is 1.00 bits per heavy atom. The van der Waals surface area contributed by atoms with E-state index in [1.165, 1.54) is 5.56 Å². The van der Waals surface area contributed by atoms with E-state index in [0.717, 1.165) is 10.0 Å². The molecule has 0 radical (unpaired) electrons. The first kappa shape index (κ1) is 16.6. The zero-order valence-electron chi connectivity index (χ0n) is 11.4. The lowest BCUT2D eigenvalue weighted by atomic mass is 10.1. The van der Waals surface area contributed by atoms with Gasteiger partial charge in [-0.2, -0.15) is 0 Å². The molecule has 0 aromatic heterocycles. The van der Waals surface area contributed by atoms with E-state index in [-0.39, 0.29) is 6.29 Å². The molecule has 0 atom stereocenters. The summed E-state index contributed by atoms with van der Waals surface area (Å²) in [5.41, 5.74) is 2.30. The van der Waals surface area contributed by atoms with Gasteiger partial charge >= 0.3 is 0 Å². The zero-order valence-corrected chi connectivity index (χ0v) is 13.0. The highest BCUT2D eigenvalue weighted by atomic mass is 79.9. The van der Waals surface area contributed by atoms with Crippen molar-refractivity contribution in [1.82, 2.24) is 0 Å². The Kier molecular flexibility index (Phi) is 9.41. The number of hydrogen-bond donors (Lipinski definition) is 0. The Morgan fingerprint density at radius 2 is 1.53 bits per heavy atom. The molecule has 1 aliphatic rings. The SMILES string of the molecule is CC.CC.Cc1cc(Br)cc(C2OCCO2)c1. The fourth-order valence-electron chi connectivity index (χ4n) is 1.45. The zero-order chi connectivity index (χ0) is 13.3. The first-order valence-corrected chi connectivity index (χ1v) is 7.05. The van der Waals surface area contributed by atoms with Crippen molar-refractivity contribution in [3.05, 3.63) is 33.8 Å². The molecule has 1 aromatic carbocycles. The van der Waals surface area contributed by atoms with Gasteiger partial charge in [-0.3, -0.25) is 0 Å². The smallest absolute Gasteiger partial charge is 0.184 e. The molecular formula is C14H23BrO2. The molecule has 0 N–H and O–H groups in total. The van der Waals surface area contributed by atoms with Crippen molar-refractivity contribution in [2.24, 2.45) is 0 Å². The highest BCUT2D eigenvalue weighted by molar-refractivity contribution is 9.10. The van der Waals surface area contributed by atoms with E-state index in [1.54, 1.807) is 0 Å². The second kappa shape index (κ2) is 9.63. The van der Waals surface area contributed by atoms with Crippen LogP contribution in [0.25, 0.3) is 0 Å². The van der Waals surface area contributed by atoms with Crippen molar-refractivity contribution in [2.75, 3.05) is 13.2 Å². The van der Waals surface area contributed by atoms with Crippen LogP contribution in [0.3, 0.4) is 0 Å². The number of ether oxygens (including phenoxy) is 2. The van der Waals surface area contributed by atoms with Gasteiger partial charge in [-0.15, -0.1) is 0 Å². The number of halogens is 1. The number of rotatable bonds is 1. The van der Waals surface area contributed by atoms with Crippen LogP contribution in [0.1, 0.15) is 45.1 Å². The average Bonchev–Trinajstić information content (AvgIpc) is 2.86. The summed E-state index contributed by atoms with van der Waals surface area (Å²) in [5, 5.41) is 0. The van der Waals surface area contributed by atoms with Gasteiger partial charge in [-0.25, -0.2) is 0 Å². The summed E-state index contributed by atoms with van der Waals surface area (Å²) in [7, 11) is 0. The molecule has 0 unspecified atom stereocenters.